The largest absolute Gasteiger partial charge is 0.486 e. The molecular weight excluding hydrogens is 354 g/mol. The van der Waals surface area contributed by atoms with Crippen LogP contribution in [0.4, 0.5) is 0 Å². The molecule has 0 N–H and O–H groups in total. The fraction of sp³-hybridized carbons (Fsp3) is 0.158. The molecule has 0 saturated carbocycles. The molecule has 132 valence electrons. The summed E-state index contributed by atoms with van der Waals surface area (Å²) in [5.41, 5.74) is 0.667. The number of benzene rings is 1. The molecule has 6 nitrogen and oxygen atoms in total. The maximum atomic E-state index is 12.5. The average Bonchev–Trinajstić information content (AvgIpc) is 3.27. The van der Waals surface area contributed by atoms with Crippen LogP contribution in [-0.4, -0.2) is 23.6 Å². The van der Waals surface area contributed by atoms with E-state index in [9.17, 15) is 9.59 Å². The summed E-state index contributed by atoms with van der Waals surface area (Å²) in [6.07, 6.45) is 4.63. The van der Waals surface area contributed by atoms with Gasteiger partial charge in [-0.15, -0.1) is 11.3 Å². The highest BCUT2D eigenvalue weighted by atomic mass is 32.1. The molecule has 0 saturated heterocycles. The van der Waals surface area contributed by atoms with E-state index in [0.717, 1.165) is 5.56 Å². The lowest BCUT2D eigenvalue weighted by atomic mass is 10.2. The number of rotatable bonds is 3. The zero-order valence-electron chi connectivity index (χ0n) is 13.9. The minimum Gasteiger partial charge on any atom is -0.486 e. The van der Waals surface area contributed by atoms with Gasteiger partial charge < -0.3 is 18.5 Å². The van der Waals surface area contributed by atoms with Crippen LogP contribution in [0.1, 0.15) is 16.1 Å². The van der Waals surface area contributed by atoms with E-state index in [0.29, 0.717) is 33.9 Å². The van der Waals surface area contributed by atoms with E-state index in [-0.39, 0.29) is 17.1 Å². The number of ketones is 1. The van der Waals surface area contributed by atoms with E-state index >= 15 is 0 Å². The van der Waals surface area contributed by atoms with Crippen molar-refractivity contribution in [3.05, 3.63) is 67.5 Å². The minimum absolute atomic E-state index is 0.164. The molecule has 1 aliphatic rings. The first-order valence-electron chi connectivity index (χ1n) is 7.98. The van der Waals surface area contributed by atoms with Crippen LogP contribution in [0.2, 0.25) is 0 Å². The number of carbonyl (C=O) groups is 1. The molecule has 7 heteroatoms. The summed E-state index contributed by atoms with van der Waals surface area (Å²) in [5, 5.41) is 0. The minimum atomic E-state index is -0.280. The third kappa shape index (κ3) is 3.09. The second-order valence-corrected chi connectivity index (χ2v) is 6.76. The average molecular weight is 369 g/mol. The quantitative estimate of drug-likeness (QED) is 0.651. The lowest BCUT2D eigenvalue weighted by Crippen LogP contribution is -2.29. The monoisotopic (exact) mass is 369 g/mol. The van der Waals surface area contributed by atoms with Crippen molar-refractivity contribution < 1.29 is 18.7 Å². The molecule has 2 aromatic heterocycles. The molecule has 0 aliphatic carbocycles. The summed E-state index contributed by atoms with van der Waals surface area (Å²) in [5.74, 6) is 1.32. The van der Waals surface area contributed by atoms with Gasteiger partial charge in [-0.25, -0.2) is 0 Å². The first kappa shape index (κ1) is 16.4. The van der Waals surface area contributed by atoms with Crippen molar-refractivity contribution in [1.29, 1.82) is 0 Å². The Morgan fingerprint density at radius 2 is 2.00 bits per heavy atom. The number of hydrogen-bond acceptors (Lipinski definition) is 6. The number of nitrogens with zero attached hydrogens (tertiary/aromatic N) is 1. The van der Waals surface area contributed by atoms with Gasteiger partial charge in [-0.2, -0.15) is 0 Å². The predicted octanol–water partition coefficient (Wildman–Crippen LogP) is 1.30. The van der Waals surface area contributed by atoms with Crippen molar-refractivity contribution >= 4 is 29.3 Å². The van der Waals surface area contributed by atoms with Gasteiger partial charge in [0, 0.05) is 13.1 Å². The number of furan rings is 1. The standard InChI is InChI=1S/C19H15NO5S/c1-20-18(11-13(21)14-3-2-6-23-14)26-17(19(20)22)10-12-4-5-15-16(9-12)25-8-7-24-15/h2-6,9-11H,7-8H2,1H3/b17-10+,18-11-. The zero-order chi connectivity index (χ0) is 18.1. The molecule has 3 heterocycles. The molecule has 3 aromatic rings. The van der Waals surface area contributed by atoms with E-state index < -0.39 is 0 Å². The third-order valence-corrected chi connectivity index (χ3v) is 5.06. The van der Waals surface area contributed by atoms with Crippen LogP contribution in [0.5, 0.6) is 11.5 Å². The number of fused-ring (bicyclic) bond motifs is 1. The Kier molecular flexibility index (Phi) is 4.22. The Hall–Kier alpha value is -3.06. The second-order valence-electron chi connectivity index (χ2n) is 5.70. The van der Waals surface area contributed by atoms with Crippen LogP contribution in [0.15, 0.2) is 45.8 Å². The fourth-order valence-electron chi connectivity index (χ4n) is 2.61. The molecule has 0 amide bonds. The molecule has 0 atom stereocenters. The van der Waals surface area contributed by atoms with Gasteiger partial charge in [0.25, 0.3) is 5.56 Å². The van der Waals surface area contributed by atoms with Crippen LogP contribution < -0.4 is 24.2 Å². The number of hydrogen-bond donors (Lipinski definition) is 0. The van der Waals surface area contributed by atoms with E-state index in [2.05, 4.69) is 0 Å². The molecule has 1 aliphatic heterocycles. The maximum absolute atomic E-state index is 12.5. The summed E-state index contributed by atoms with van der Waals surface area (Å²) in [6, 6.07) is 8.77. The molecule has 0 radical (unpaired) electrons. The first-order chi connectivity index (χ1) is 12.6. The van der Waals surface area contributed by atoms with Crippen LogP contribution in [0.25, 0.3) is 12.2 Å². The second kappa shape index (κ2) is 6.68. The normalized spacial score (nSPS) is 14.7. The predicted molar refractivity (Wildman–Crippen MR) is 97.3 cm³/mol. The van der Waals surface area contributed by atoms with Crippen LogP contribution in [0, 0.1) is 0 Å². The fourth-order valence-corrected chi connectivity index (χ4v) is 3.64. The van der Waals surface area contributed by atoms with Crippen LogP contribution >= 0.6 is 11.3 Å². The van der Waals surface area contributed by atoms with E-state index in [1.165, 1.54) is 28.2 Å². The Balaban J connectivity index is 1.75. The van der Waals surface area contributed by atoms with Crippen LogP contribution in [0.3, 0.4) is 0 Å². The molecule has 0 spiro atoms. The van der Waals surface area contributed by atoms with Gasteiger partial charge in [-0.05, 0) is 35.9 Å². The Labute approximate surface area is 152 Å². The summed E-state index contributed by atoms with van der Waals surface area (Å²) in [4.78, 5) is 24.7. The number of aromatic nitrogens is 1. The van der Waals surface area contributed by atoms with Gasteiger partial charge in [0.1, 0.15) is 17.9 Å². The van der Waals surface area contributed by atoms with Crippen LogP contribution in [-0.2, 0) is 7.05 Å². The van der Waals surface area contributed by atoms with Gasteiger partial charge >= 0.3 is 0 Å². The molecule has 4 rings (SSSR count). The number of thiazole rings is 1. The van der Waals surface area contributed by atoms with Crippen molar-refractivity contribution in [2.24, 2.45) is 7.05 Å². The summed E-state index contributed by atoms with van der Waals surface area (Å²) >= 11 is 1.25. The summed E-state index contributed by atoms with van der Waals surface area (Å²) < 4.78 is 18.7. The van der Waals surface area contributed by atoms with Crippen molar-refractivity contribution in [3.63, 3.8) is 0 Å². The van der Waals surface area contributed by atoms with E-state index in [1.807, 2.05) is 18.2 Å². The van der Waals surface area contributed by atoms with Crippen molar-refractivity contribution in [3.8, 4) is 11.5 Å². The number of Topliss-reactive ketones (excluding diaryl/α,β-unsaturated/α-hetero) is 1. The van der Waals surface area contributed by atoms with Gasteiger partial charge in [0.05, 0.1) is 10.8 Å². The Morgan fingerprint density at radius 1 is 1.19 bits per heavy atom. The van der Waals surface area contributed by atoms with Gasteiger partial charge in [-0.3, -0.25) is 9.59 Å². The molecule has 0 fully saturated rings. The van der Waals surface area contributed by atoms with Crippen molar-refractivity contribution in [2.45, 2.75) is 0 Å². The Morgan fingerprint density at radius 3 is 2.77 bits per heavy atom. The highest BCUT2D eigenvalue weighted by molar-refractivity contribution is 7.07. The molecule has 0 unspecified atom stereocenters. The molecule has 0 bridgehead atoms. The van der Waals surface area contributed by atoms with Gasteiger partial charge in [-0.1, -0.05) is 6.07 Å². The number of carbonyl (C=O) groups excluding carboxylic acids is 1. The lowest BCUT2D eigenvalue weighted by Gasteiger charge is -2.18. The topological polar surface area (TPSA) is 70.7 Å². The maximum Gasteiger partial charge on any atom is 0.268 e. The number of ether oxygens (including phenoxy) is 2. The lowest BCUT2D eigenvalue weighted by molar-refractivity contribution is 0.103. The van der Waals surface area contributed by atoms with E-state index in [1.54, 1.807) is 25.3 Å². The van der Waals surface area contributed by atoms with Gasteiger partial charge in [0.15, 0.2) is 17.3 Å². The zero-order valence-corrected chi connectivity index (χ0v) is 14.7. The summed E-state index contributed by atoms with van der Waals surface area (Å²) in [6.45, 7) is 1.04. The van der Waals surface area contributed by atoms with Gasteiger partial charge in [0.2, 0.25) is 5.78 Å². The highest BCUT2D eigenvalue weighted by Gasteiger charge is 2.11. The van der Waals surface area contributed by atoms with E-state index in [4.69, 9.17) is 13.9 Å². The smallest absolute Gasteiger partial charge is 0.268 e. The third-order valence-electron chi connectivity index (χ3n) is 3.94. The summed E-state index contributed by atoms with van der Waals surface area (Å²) in [7, 11) is 1.64. The molecule has 26 heavy (non-hydrogen) atoms. The Bertz CT molecular complexity index is 1140. The SMILES string of the molecule is Cn1c(=O)/c(=C\c2ccc3c(c2)OCCO3)s/c1=C\C(=O)c1ccco1. The van der Waals surface area contributed by atoms with Crippen molar-refractivity contribution in [2.75, 3.05) is 13.2 Å². The first-order valence-corrected chi connectivity index (χ1v) is 8.80. The highest BCUT2D eigenvalue weighted by Crippen LogP contribution is 2.30. The molecule has 1 aromatic carbocycles. The van der Waals surface area contributed by atoms with Crippen molar-refractivity contribution in [1.82, 2.24) is 4.57 Å². The molecular formula is C19H15NO5S.